The summed E-state index contributed by atoms with van der Waals surface area (Å²) in [4.78, 5) is 32.3. The van der Waals surface area contributed by atoms with Crippen LogP contribution in [0.3, 0.4) is 0 Å². The number of fused-ring (bicyclic) bond motifs is 2. The number of carboxylic acid groups (broad SMARTS) is 1. The van der Waals surface area contributed by atoms with Gasteiger partial charge in [-0.15, -0.1) is 0 Å². The number of amides is 2. The fourth-order valence-electron chi connectivity index (χ4n) is 5.53. The Morgan fingerprint density at radius 2 is 1.89 bits per heavy atom. The van der Waals surface area contributed by atoms with Crippen LogP contribution in [0.15, 0.2) is 36.5 Å². The van der Waals surface area contributed by atoms with Crippen molar-refractivity contribution in [3.8, 4) is 11.5 Å². The van der Waals surface area contributed by atoms with Crippen LogP contribution in [0.5, 0.6) is 11.5 Å². The van der Waals surface area contributed by atoms with Crippen LogP contribution in [-0.4, -0.2) is 79.0 Å². The summed E-state index contributed by atoms with van der Waals surface area (Å²) in [6, 6.07) is 9.72. The molecule has 2 aromatic carbocycles. The van der Waals surface area contributed by atoms with Gasteiger partial charge < -0.3 is 34.1 Å². The van der Waals surface area contributed by atoms with Crippen LogP contribution >= 0.6 is 0 Å². The average molecular weight is 508 g/mol. The first-order valence-corrected chi connectivity index (χ1v) is 12.7. The highest BCUT2D eigenvalue weighted by molar-refractivity contribution is 5.84. The largest absolute Gasteiger partial charge is 0.497 e. The lowest BCUT2D eigenvalue weighted by atomic mass is 9.87. The van der Waals surface area contributed by atoms with Gasteiger partial charge in [-0.3, -0.25) is 4.79 Å². The van der Waals surface area contributed by atoms with E-state index in [0.717, 1.165) is 39.8 Å². The average Bonchev–Trinajstić information content (AvgIpc) is 3.33. The number of carbonyl (C=O) groups is 2. The predicted molar refractivity (Wildman–Crippen MR) is 138 cm³/mol. The summed E-state index contributed by atoms with van der Waals surface area (Å²) in [5, 5.41) is 10.5. The van der Waals surface area contributed by atoms with E-state index in [4.69, 9.17) is 14.2 Å². The Morgan fingerprint density at radius 1 is 1.08 bits per heavy atom. The summed E-state index contributed by atoms with van der Waals surface area (Å²) in [7, 11) is 3.22. The summed E-state index contributed by atoms with van der Waals surface area (Å²) in [6.07, 6.45) is 4.06. The molecule has 1 atom stereocenters. The molecule has 3 aromatic rings. The number of carboxylic acids is 1. The molecule has 5 rings (SSSR count). The lowest BCUT2D eigenvalue weighted by molar-refractivity contribution is -0.136. The monoisotopic (exact) mass is 507 g/mol. The third-order valence-electron chi connectivity index (χ3n) is 7.43. The minimum Gasteiger partial charge on any atom is -0.497 e. The van der Waals surface area contributed by atoms with Crippen LogP contribution in [0.2, 0.25) is 0 Å². The molecule has 0 bridgehead atoms. The third kappa shape index (κ3) is 5.09. The molecule has 0 radical (unpaired) electrons. The zero-order valence-corrected chi connectivity index (χ0v) is 21.3. The number of ether oxygens (including phenoxy) is 3. The van der Waals surface area contributed by atoms with Crippen LogP contribution in [0.1, 0.15) is 34.7 Å². The van der Waals surface area contributed by atoms with Crippen LogP contribution in [0.4, 0.5) is 4.79 Å². The molecule has 0 aliphatic carbocycles. The van der Waals surface area contributed by atoms with Crippen molar-refractivity contribution >= 4 is 22.9 Å². The van der Waals surface area contributed by atoms with E-state index in [1.165, 1.54) is 0 Å². The quantitative estimate of drug-likeness (QED) is 0.504. The Morgan fingerprint density at radius 3 is 2.62 bits per heavy atom. The number of carbonyl (C=O) groups excluding carboxylic acids is 1. The molecular formula is C28H33N3O6. The smallest absolute Gasteiger partial charge is 0.320 e. The fourth-order valence-corrected chi connectivity index (χ4v) is 5.53. The van der Waals surface area contributed by atoms with Crippen molar-refractivity contribution < 1.29 is 28.9 Å². The minimum atomic E-state index is -0.899. The van der Waals surface area contributed by atoms with Gasteiger partial charge in [0.1, 0.15) is 11.5 Å². The number of H-pyrrole nitrogens is 1. The number of aromatic nitrogens is 1. The minimum absolute atomic E-state index is 0.0214. The molecule has 1 fully saturated rings. The molecule has 0 spiro atoms. The Bertz CT molecular complexity index is 1300. The van der Waals surface area contributed by atoms with Crippen molar-refractivity contribution in [1.29, 1.82) is 0 Å². The topological polar surface area (TPSA) is 104 Å². The molecule has 0 saturated carbocycles. The van der Waals surface area contributed by atoms with Crippen molar-refractivity contribution in [2.45, 2.75) is 31.7 Å². The maximum atomic E-state index is 13.7. The summed E-state index contributed by atoms with van der Waals surface area (Å²) < 4.78 is 16.5. The van der Waals surface area contributed by atoms with Gasteiger partial charge in [-0.1, -0.05) is 6.07 Å². The molecule has 37 heavy (non-hydrogen) atoms. The number of aromatic amines is 1. The lowest BCUT2D eigenvalue weighted by Gasteiger charge is -2.41. The number of hydrogen-bond donors (Lipinski definition) is 2. The van der Waals surface area contributed by atoms with Crippen molar-refractivity contribution in [1.82, 2.24) is 14.8 Å². The molecule has 2 aliphatic rings. The molecule has 196 valence electrons. The van der Waals surface area contributed by atoms with Crippen LogP contribution < -0.4 is 9.47 Å². The first-order chi connectivity index (χ1) is 18.0. The van der Waals surface area contributed by atoms with E-state index in [0.29, 0.717) is 57.0 Å². The van der Waals surface area contributed by atoms with Gasteiger partial charge in [-0.25, -0.2) is 4.79 Å². The Kier molecular flexibility index (Phi) is 7.23. The summed E-state index contributed by atoms with van der Waals surface area (Å²) >= 11 is 0. The van der Waals surface area contributed by atoms with Gasteiger partial charge in [0, 0.05) is 42.3 Å². The third-order valence-corrected chi connectivity index (χ3v) is 7.43. The van der Waals surface area contributed by atoms with Crippen LogP contribution in [0.25, 0.3) is 10.9 Å². The molecule has 1 unspecified atom stereocenters. The van der Waals surface area contributed by atoms with Gasteiger partial charge >= 0.3 is 12.0 Å². The lowest BCUT2D eigenvalue weighted by Crippen LogP contribution is -2.51. The highest BCUT2D eigenvalue weighted by Gasteiger charge is 2.34. The number of aliphatic carboxylic acids is 1. The molecule has 2 aliphatic heterocycles. The number of methoxy groups -OCH3 is 2. The van der Waals surface area contributed by atoms with Crippen molar-refractivity contribution in [2.24, 2.45) is 0 Å². The highest BCUT2D eigenvalue weighted by atomic mass is 16.5. The van der Waals surface area contributed by atoms with Crippen LogP contribution in [0, 0.1) is 0 Å². The molecule has 9 nitrogen and oxygen atoms in total. The zero-order valence-electron chi connectivity index (χ0n) is 21.3. The zero-order chi connectivity index (χ0) is 25.9. The maximum absolute atomic E-state index is 13.7. The second-order valence-electron chi connectivity index (χ2n) is 9.54. The summed E-state index contributed by atoms with van der Waals surface area (Å²) in [5.41, 5.74) is 4.96. The number of aryl methyl sites for hydroxylation is 1. The Balaban J connectivity index is 1.49. The number of nitrogens with one attached hydrogen (secondary N) is 1. The van der Waals surface area contributed by atoms with Crippen molar-refractivity contribution in [3.05, 3.63) is 58.8 Å². The standard InChI is InChI=1S/C28H33N3O6/c1-35-21-4-5-24-22(15-21)19(17-29-24)3-6-25-23-16-26(36-2)20(14-27(32)33)13-18(23)7-8-31(25)28(34)30-9-11-37-12-10-30/h4-5,13,15-17,25,29H,3,6-12,14H2,1-2H3,(H,32,33). The number of nitrogens with zero attached hydrogens (tertiary/aromatic N) is 2. The molecule has 1 aromatic heterocycles. The summed E-state index contributed by atoms with van der Waals surface area (Å²) in [6.45, 7) is 2.83. The van der Waals surface area contributed by atoms with Gasteiger partial charge in [0.2, 0.25) is 0 Å². The van der Waals surface area contributed by atoms with E-state index in [2.05, 4.69) is 4.98 Å². The first-order valence-electron chi connectivity index (χ1n) is 12.7. The van der Waals surface area contributed by atoms with Crippen molar-refractivity contribution in [2.75, 3.05) is 47.1 Å². The fraction of sp³-hybridized carbons (Fsp3) is 0.429. The van der Waals surface area contributed by atoms with Gasteiger partial charge in [-0.05, 0) is 60.2 Å². The van der Waals surface area contributed by atoms with E-state index in [9.17, 15) is 14.7 Å². The number of benzene rings is 2. The molecule has 1 saturated heterocycles. The SMILES string of the molecule is COc1ccc2[nH]cc(CCC3c4cc(OC)c(CC(=O)O)cc4CCN3C(=O)N3CCOCC3)c2c1. The molecule has 2 N–H and O–H groups in total. The van der Waals surface area contributed by atoms with E-state index in [1.807, 2.05) is 46.3 Å². The van der Waals surface area contributed by atoms with Gasteiger partial charge in [0.15, 0.2) is 0 Å². The number of morpholine rings is 1. The van der Waals surface area contributed by atoms with E-state index < -0.39 is 5.97 Å². The Labute approximate surface area is 215 Å². The molecule has 9 heteroatoms. The second-order valence-corrected chi connectivity index (χ2v) is 9.54. The molecule has 2 amide bonds. The molecular weight excluding hydrogens is 474 g/mol. The highest BCUT2D eigenvalue weighted by Crippen LogP contribution is 2.38. The van der Waals surface area contributed by atoms with E-state index in [-0.39, 0.29) is 18.5 Å². The molecule has 3 heterocycles. The number of rotatable bonds is 7. The van der Waals surface area contributed by atoms with E-state index in [1.54, 1.807) is 14.2 Å². The van der Waals surface area contributed by atoms with Gasteiger partial charge in [-0.2, -0.15) is 0 Å². The maximum Gasteiger partial charge on any atom is 0.320 e. The summed E-state index contributed by atoms with van der Waals surface area (Å²) in [5.74, 6) is 0.448. The normalized spacial score (nSPS) is 17.5. The first kappa shape index (κ1) is 25.0. The number of urea groups is 1. The van der Waals surface area contributed by atoms with Gasteiger partial charge in [0.05, 0.1) is 39.9 Å². The number of hydrogen-bond acceptors (Lipinski definition) is 5. The second kappa shape index (κ2) is 10.7. The van der Waals surface area contributed by atoms with Gasteiger partial charge in [0.25, 0.3) is 0 Å². The predicted octanol–water partition coefficient (Wildman–Crippen LogP) is 3.80. The van der Waals surface area contributed by atoms with Crippen molar-refractivity contribution in [3.63, 3.8) is 0 Å². The van der Waals surface area contributed by atoms with E-state index >= 15 is 0 Å². The Hall–Kier alpha value is -3.72. The van der Waals surface area contributed by atoms with Crippen LogP contribution in [-0.2, 0) is 28.8 Å².